The van der Waals surface area contributed by atoms with Gasteiger partial charge in [0.05, 0.1) is 24.2 Å². The first-order chi connectivity index (χ1) is 18.6. The number of rotatable bonds is 7. The maximum Gasteiger partial charge on any atom is 0.264 e. The Morgan fingerprint density at radius 2 is 1.82 bits per heavy atom. The van der Waals surface area contributed by atoms with Crippen molar-refractivity contribution in [1.82, 2.24) is 20.1 Å². The van der Waals surface area contributed by atoms with Crippen molar-refractivity contribution in [3.8, 4) is 17.1 Å². The fourth-order valence-electron chi connectivity index (χ4n) is 4.32. The van der Waals surface area contributed by atoms with E-state index >= 15 is 0 Å². The highest BCUT2D eigenvalue weighted by Crippen LogP contribution is 2.25. The Morgan fingerprint density at radius 1 is 1.03 bits per heavy atom. The zero-order valence-electron chi connectivity index (χ0n) is 20.8. The quantitative estimate of drug-likeness (QED) is 0.326. The number of ether oxygens (including phenoxy) is 2. The molecule has 2 aromatic heterocycles. The summed E-state index contributed by atoms with van der Waals surface area (Å²) in [6.07, 6.45) is 0. The number of aromatic nitrogens is 4. The SMILES string of the molecule is Cc1noc(COc2ccc3nc(-c4ccc(C(=O)Nc5ccc(N6CCOCC6)cc5)cc4)[nH]c3c2)n1. The smallest absolute Gasteiger partial charge is 0.264 e. The highest BCUT2D eigenvalue weighted by molar-refractivity contribution is 6.04. The average molecular weight is 511 g/mol. The lowest BCUT2D eigenvalue weighted by Gasteiger charge is -2.28. The van der Waals surface area contributed by atoms with E-state index in [9.17, 15) is 4.79 Å². The zero-order valence-corrected chi connectivity index (χ0v) is 20.8. The van der Waals surface area contributed by atoms with E-state index in [-0.39, 0.29) is 12.5 Å². The first-order valence-electron chi connectivity index (χ1n) is 12.4. The summed E-state index contributed by atoms with van der Waals surface area (Å²) in [6, 6.07) is 20.8. The number of hydrogen-bond donors (Lipinski definition) is 2. The van der Waals surface area contributed by atoms with Crippen LogP contribution < -0.4 is 15.0 Å². The second-order valence-corrected chi connectivity index (χ2v) is 8.97. The molecule has 1 saturated heterocycles. The van der Waals surface area contributed by atoms with Gasteiger partial charge in [-0.1, -0.05) is 17.3 Å². The van der Waals surface area contributed by atoms with Crippen molar-refractivity contribution < 1.29 is 18.8 Å². The molecule has 0 saturated carbocycles. The number of hydrogen-bond acceptors (Lipinski definition) is 8. The molecule has 5 aromatic rings. The van der Waals surface area contributed by atoms with E-state index in [2.05, 4.69) is 30.3 Å². The molecule has 10 heteroatoms. The molecule has 0 radical (unpaired) electrons. The average Bonchev–Trinajstić information content (AvgIpc) is 3.58. The summed E-state index contributed by atoms with van der Waals surface area (Å²) in [6.45, 7) is 5.17. The van der Waals surface area contributed by atoms with E-state index in [0.717, 1.165) is 54.3 Å². The van der Waals surface area contributed by atoms with Crippen molar-refractivity contribution >= 4 is 28.3 Å². The molecule has 1 amide bonds. The molecule has 6 rings (SSSR count). The highest BCUT2D eigenvalue weighted by Gasteiger charge is 2.13. The third kappa shape index (κ3) is 5.21. The maximum absolute atomic E-state index is 12.8. The number of H-pyrrole nitrogens is 1. The van der Waals surface area contributed by atoms with E-state index < -0.39 is 0 Å². The Hall–Kier alpha value is -4.70. The van der Waals surface area contributed by atoms with Gasteiger partial charge in [0, 0.05) is 41.7 Å². The van der Waals surface area contributed by atoms with Gasteiger partial charge in [-0.15, -0.1) is 0 Å². The van der Waals surface area contributed by atoms with Crippen molar-refractivity contribution in [2.24, 2.45) is 0 Å². The monoisotopic (exact) mass is 510 g/mol. The minimum absolute atomic E-state index is 0.168. The van der Waals surface area contributed by atoms with Crippen molar-refractivity contribution in [3.63, 3.8) is 0 Å². The van der Waals surface area contributed by atoms with E-state index in [1.54, 1.807) is 19.1 Å². The normalized spacial score (nSPS) is 13.6. The molecule has 0 atom stereocenters. The fraction of sp³-hybridized carbons (Fsp3) is 0.214. The molecule has 0 unspecified atom stereocenters. The van der Waals surface area contributed by atoms with Gasteiger partial charge in [0.1, 0.15) is 11.6 Å². The molecule has 0 bridgehead atoms. The minimum Gasteiger partial charge on any atom is -0.484 e. The van der Waals surface area contributed by atoms with E-state index in [0.29, 0.717) is 28.9 Å². The summed E-state index contributed by atoms with van der Waals surface area (Å²) in [4.78, 5) is 27.2. The van der Waals surface area contributed by atoms with Gasteiger partial charge < -0.3 is 29.2 Å². The zero-order chi connectivity index (χ0) is 25.9. The summed E-state index contributed by atoms with van der Waals surface area (Å²) in [5, 5.41) is 6.73. The molecule has 2 N–H and O–H groups in total. The lowest BCUT2D eigenvalue weighted by molar-refractivity contribution is 0.102. The Kier molecular flexibility index (Phi) is 6.45. The van der Waals surface area contributed by atoms with E-state index in [4.69, 9.17) is 14.0 Å². The first-order valence-corrected chi connectivity index (χ1v) is 12.4. The highest BCUT2D eigenvalue weighted by atomic mass is 16.5. The number of carbonyl (C=O) groups is 1. The molecule has 192 valence electrons. The van der Waals surface area contributed by atoms with Gasteiger partial charge >= 0.3 is 0 Å². The van der Waals surface area contributed by atoms with Gasteiger partial charge in [-0.05, 0) is 55.5 Å². The molecule has 1 aliphatic heterocycles. The Bertz CT molecular complexity index is 1550. The van der Waals surface area contributed by atoms with Crippen LogP contribution >= 0.6 is 0 Å². The van der Waals surface area contributed by atoms with Crippen LogP contribution in [0.4, 0.5) is 11.4 Å². The predicted octanol–water partition coefficient (Wildman–Crippen LogP) is 4.59. The van der Waals surface area contributed by atoms with Crippen LogP contribution in [0, 0.1) is 6.92 Å². The van der Waals surface area contributed by atoms with E-state index in [1.807, 2.05) is 54.6 Å². The van der Waals surface area contributed by atoms with Crippen molar-refractivity contribution in [2.45, 2.75) is 13.5 Å². The fourth-order valence-corrected chi connectivity index (χ4v) is 4.32. The molecular formula is C28H26N6O4. The molecule has 3 aromatic carbocycles. The van der Waals surface area contributed by atoms with Crippen LogP contribution in [0.5, 0.6) is 5.75 Å². The third-order valence-corrected chi connectivity index (χ3v) is 6.31. The summed E-state index contributed by atoms with van der Waals surface area (Å²) < 4.78 is 16.3. The summed E-state index contributed by atoms with van der Waals surface area (Å²) in [5.74, 6) is 2.18. The van der Waals surface area contributed by atoms with Gasteiger partial charge in [-0.3, -0.25) is 4.79 Å². The van der Waals surface area contributed by atoms with Gasteiger partial charge in [0.25, 0.3) is 11.8 Å². The van der Waals surface area contributed by atoms with E-state index in [1.165, 1.54) is 0 Å². The molecule has 10 nitrogen and oxygen atoms in total. The lowest BCUT2D eigenvalue weighted by atomic mass is 10.1. The number of amides is 1. The number of aryl methyl sites for hydroxylation is 1. The van der Waals surface area contributed by atoms with Crippen LogP contribution in [0.15, 0.2) is 71.3 Å². The van der Waals surface area contributed by atoms with Gasteiger partial charge in [-0.25, -0.2) is 4.98 Å². The number of fused-ring (bicyclic) bond motifs is 1. The predicted molar refractivity (Wildman–Crippen MR) is 142 cm³/mol. The number of nitrogens with one attached hydrogen (secondary N) is 2. The topological polar surface area (TPSA) is 118 Å². The Labute approximate surface area is 218 Å². The largest absolute Gasteiger partial charge is 0.484 e. The van der Waals surface area contributed by atoms with Crippen LogP contribution in [0.25, 0.3) is 22.4 Å². The van der Waals surface area contributed by atoms with Crippen LogP contribution in [-0.2, 0) is 11.3 Å². The minimum atomic E-state index is -0.168. The Morgan fingerprint density at radius 3 is 2.55 bits per heavy atom. The van der Waals surface area contributed by atoms with Crippen LogP contribution in [0.2, 0.25) is 0 Å². The third-order valence-electron chi connectivity index (χ3n) is 6.31. The van der Waals surface area contributed by atoms with Crippen LogP contribution in [-0.4, -0.2) is 52.3 Å². The van der Waals surface area contributed by atoms with Gasteiger partial charge in [-0.2, -0.15) is 4.98 Å². The molecule has 0 aliphatic carbocycles. The number of carbonyl (C=O) groups excluding carboxylic acids is 1. The number of benzene rings is 3. The molecule has 1 fully saturated rings. The molecule has 1 aliphatic rings. The molecule has 3 heterocycles. The lowest BCUT2D eigenvalue weighted by Crippen LogP contribution is -2.36. The van der Waals surface area contributed by atoms with Crippen molar-refractivity contribution in [3.05, 3.63) is 84.0 Å². The van der Waals surface area contributed by atoms with Crippen molar-refractivity contribution in [2.75, 3.05) is 36.5 Å². The summed E-state index contributed by atoms with van der Waals surface area (Å²) in [7, 11) is 0. The first kappa shape index (κ1) is 23.7. The molecule has 0 spiro atoms. The second kappa shape index (κ2) is 10.3. The van der Waals surface area contributed by atoms with Gasteiger partial charge in [0.15, 0.2) is 12.4 Å². The summed E-state index contributed by atoms with van der Waals surface area (Å²) in [5.41, 5.74) is 4.96. The standard InChI is InChI=1S/C28H26N6O4/c1-18-29-26(38-33-18)17-37-23-10-11-24-25(16-23)32-27(31-24)19-2-4-20(5-3-19)28(35)30-21-6-8-22(9-7-21)34-12-14-36-15-13-34/h2-11,16H,12-15,17H2,1H3,(H,30,35)(H,31,32). The maximum atomic E-state index is 12.8. The van der Waals surface area contributed by atoms with Crippen LogP contribution in [0.1, 0.15) is 22.1 Å². The number of anilines is 2. The number of morpholine rings is 1. The Balaban J connectivity index is 1.10. The number of imidazole rings is 1. The molecule has 38 heavy (non-hydrogen) atoms. The van der Waals surface area contributed by atoms with Gasteiger partial charge in [0.2, 0.25) is 0 Å². The number of nitrogens with zero attached hydrogens (tertiary/aromatic N) is 4. The number of aromatic amines is 1. The molecular weight excluding hydrogens is 484 g/mol. The second-order valence-electron chi connectivity index (χ2n) is 8.97. The van der Waals surface area contributed by atoms with Crippen molar-refractivity contribution in [1.29, 1.82) is 0 Å². The summed E-state index contributed by atoms with van der Waals surface area (Å²) >= 11 is 0. The van der Waals surface area contributed by atoms with Crippen LogP contribution in [0.3, 0.4) is 0 Å².